The Labute approximate surface area is 123 Å². The van der Waals surface area contributed by atoms with Gasteiger partial charge in [-0.2, -0.15) is 0 Å². The number of piperazine rings is 1. The molecule has 0 aromatic heterocycles. The summed E-state index contributed by atoms with van der Waals surface area (Å²) in [5, 5.41) is 4.23. The maximum absolute atomic E-state index is 6.15. The van der Waals surface area contributed by atoms with Gasteiger partial charge in [0, 0.05) is 41.7 Å². The molecule has 0 spiro atoms. The molecule has 0 radical (unpaired) electrons. The van der Waals surface area contributed by atoms with E-state index in [4.69, 9.17) is 11.6 Å². The third-order valence-corrected chi connectivity index (χ3v) is 4.43. The van der Waals surface area contributed by atoms with E-state index in [0.29, 0.717) is 6.04 Å². The number of hydrogen-bond donors (Lipinski definition) is 1. The van der Waals surface area contributed by atoms with Gasteiger partial charge < -0.3 is 5.32 Å². The van der Waals surface area contributed by atoms with E-state index in [1.165, 1.54) is 22.9 Å². The smallest absolute Gasteiger partial charge is 0.0410 e. The summed E-state index contributed by atoms with van der Waals surface area (Å²) in [7, 11) is 0. The van der Waals surface area contributed by atoms with Gasteiger partial charge in [-0.05, 0) is 30.2 Å². The summed E-state index contributed by atoms with van der Waals surface area (Å²) >= 11 is 9.82. The first kappa shape index (κ1) is 14.3. The number of nitrogens with zero attached hydrogens (tertiary/aromatic N) is 1. The van der Waals surface area contributed by atoms with Crippen LogP contribution in [0.3, 0.4) is 0 Å². The lowest BCUT2D eigenvalue weighted by atomic mass is 10.00. The average molecular weight is 332 g/mol. The van der Waals surface area contributed by atoms with E-state index < -0.39 is 0 Å². The molecule has 1 aromatic carbocycles. The fourth-order valence-corrected chi connectivity index (χ4v) is 3.26. The molecule has 1 aliphatic heterocycles. The molecule has 1 atom stereocenters. The highest BCUT2D eigenvalue weighted by molar-refractivity contribution is 9.10. The maximum atomic E-state index is 6.15. The van der Waals surface area contributed by atoms with Crippen LogP contribution in [0.1, 0.15) is 31.4 Å². The molecule has 0 unspecified atom stereocenters. The van der Waals surface area contributed by atoms with Crippen LogP contribution < -0.4 is 5.32 Å². The molecule has 0 saturated carbocycles. The summed E-state index contributed by atoms with van der Waals surface area (Å²) in [6, 6.07) is 6.58. The van der Waals surface area contributed by atoms with E-state index in [-0.39, 0.29) is 0 Å². The first-order valence-electron chi connectivity index (χ1n) is 6.62. The predicted molar refractivity (Wildman–Crippen MR) is 81.2 cm³/mol. The zero-order valence-electron chi connectivity index (χ0n) is 10.8. The lowest BCUT2D eigenvalue weighted by molar-refractivity contribution is 0.164. The zero-order chi connectivity index (χ0) is 13.0. The summed E-state index contributed by atoms with van der Waals surface area (Å²) in [6.07, 6.45) is 2.37. The first-order valence-corrected chi connectivity index (χ1v) is 7.79. The predicted octanol–water partition coefficient (Wildman–Crippen LogP) is 3.85. The standard InChI is InChI=1S/C14H20BrClN2/c1-2-3-14(18-8-6-17-7-9-18)12-10-11(16)4-5-13(12)15/h4-5,10,14,17H,2-3,6-9H2,1H3/t14-/m1/s1. The van der Waals surface area contributed by atoms with E-state index in [1.54, 1.807) is 0 Å². The minimum Gasteiger partial charge on any atom is -0.314 e. The van der Waals surface area contributed by atoms with E-state index in [9.17, 15) is 0 Å². The SMILES string of the molecule is CCC[C@H](c1cc(Cl)ccc1Br)N1CCNCC1. The highest BCUT2D eigenvalue weighted by Gasteiger charge is 2.23. The van der Waals surface area contributed by atoms with Gasteiger partial charge in [-0.1, -0.05) is 40.9 Å². The van der Waals surface area contributed by atoms with Crippen LogP contribution in [0.2, 0.25) is 5.02 Å². The number of hydrogen-bond acceptors (Lipinski definition) is 2. The van der Waals surface area contributed by atoms with Crippen LogP contribution in [-0.4, -0.2) is 31.1 Å². The second-order valence-corrected chi connectivity index (χ2v) is 6.05. The third kappa shape index (κ3) is 3.47. The highest BCUT2D eigenvalue weighted by atomic mass is 79.9. The Kier molecular flexibility index (Phi) is 5.49. The molecular weight excluding hydrogens is 312 g/mol. The molecule has 1 aromatic rings. The van der Waals surface area contributed by atoms with Crippen molar-refractivity contribution in [3.63, 3.8) is 0 Å². The Morgan fingerprint density at radius 2 is 2.11 bits per heavy atom. The lowest BCUT2D eigenvalue weighted by Gasteiger charge is -2.35. The Balaban J connectivity index is 2.24. The minimum atomic E-state index is 0.477. The van der Waals surface area contributed by atoms with Crippen LogP contribution in [0.15, 0.2) is 22.7 Å². The minimum absolute atomic E-state index is 0.477. The number of nitrogens with one attached hydrogen (secondary N) is 1. The van der Waals surface area contributed by atoms with Crippen LogP contribution in [0.4, 0.5) is 0 Å². The number of halogens is 2. The van der Waals surface area contributed by atoms with Crippen molar-refractivity contribution >= 4 is 27.5 Å². The zero-order valence-corrected chi connectivity index (χ0v) is 13.1. The fraction of sp³-hybridized carbons (Fsp3) is 0.571. The molecule has 1 aliphatic rings. The molecule has 4 heteroatoms. The summed E-state index contributed by atoms with van der Waals surface area (Å²) < 4.78 is 1.17. The molecule has 2 rings (SSSR count). The van der Waals surface area contributed by atoms with Crippen molar-refractivity contribution in [1.29, 1.82) is 0 Å². The van der Waals surface area contributed by atoms with Gasteiger partial charge in [0.25, 0.3) is 0 Å². The van der Waals surface area contributed by atoms with Gasteiger partial charge in [-0.3, -0.25) is 4.90 Å². The van der Waals surface area contributed by atoms with Crippen LogP contribution in [0.25, 0.3) is 0 Å². The van der Waals surface area contributed by atoms with Gasteiger partial charge in [0.05, 0.1) is 0 Å². The molecule has 100 valence electrons. The van der Waals surface area contributed by atoms with E-state index in [2.05, 4.69) is 45.2 Å². The molecule has 1 fully saturated rings. The molecule has 1 heterocycles. The maximum Gasteiger partial charge on any atom is 0.0410 e. The average Bonchev–Trinajstić information content (AvgIpc) is 2.40. The Morgan fingerprint density at radius 1 is 1.39 bits per heavy atom. The first-order chi connectivity index (χ1) is 8.72. The van der Waals surface area contributed by atoms with Crippen molar-refractivity contribution in [2.75, 3.05) is 26.2 Å². The van der Waals surface area contributed by atoms with Gasteiger partial charge in [-0.15, -0.1) is 0 Å². The Morgan fingerprint density at radius 3 is 2.78 bits per heavy atom. The number of benzene rings is 1. The van der Waals surface area contributed by atoms with E-state index >= 15 is 0 Å². The molecule has 18 heavy (non-hydrogen) atoms. The molecular formula is C14H20BrClN2. The quantitative estimate of drug-likeness (QED) is 0.901. The normalized spacial score (nSPS) is 18.8. The Hall–Kier alpha value is -0.0900. The lowest BCUT2D eigenvalue weighted by Crippen LogP contribution is -2.45. The molecule has 1 N–H and O–H groups in total. The summed E-state index contributed by atoms with van der Waals surface area (Å²) in [6.45, 7) is 6.64. The third-order valence-electron chi connectivity index (χ3n) is 3.47. The van der Waals surface area contributed by atoms with Crippen molar-refractivity contribution in [1.82, 2.24) is 10.2 Å². The molecule has 0 amide bonds. The van der Waals surface area contributed by atoms with E-state index in [1.807, 2.05) is 6.07 Å². The molecule has 0 bridgehead atoms. The largest absolute Gasteiger partial charge is 0.314 e. The molecule has 2 nitrogen and oxygen atoms in total. The van der Waals surface area contributed by atoms with Crippen LogP contribution in [0, 0.1) is 0 Å². The van der Waals surface area contributed by atoms with Gasteiger partial charge in [0.2, 0.25) is 0 Å². The molecule has 1 saturated heterocycles. The van der Waals surface area contributed by atoms with Gasteiger partial charge in [0.1, 0.15) is 0 Å². The monoisotopic (exact) mass is 330 g/mol. The summed E-state index contributed by atoms with van der Waals surface area (Å²) in [5.74, 6) is 0. The van der Waals surface area contributed by atoms with Crippen molar-refractivity contribution < 1.29 is 0 Å². The Bertz CT molecular complexity index is 391. The summed E-state index contributed by atoms with van der Waals surface area (Å²) in [4.78, 5) is 2.57. The van der Waals surface area contributed by atoms with Crippen molar-refractivity contribution in [3.8, 4) is 0 Å². The second kappa shape index (κ2) is 6.90. The summed E-state index contributed by atoms with van der Waals surface area (Å²) in [5.41, 5.74) is 1.33. The van der Waals surface area contributed by atoms with E-state index in [0.717, 1.165) is 31.2 Å². The fourth-order valence-electron chi connectivity index (χ4n) is 2.57. The molecule has 0 aliphatic carbocycles. The van der Waals surface area contributed by atoms with Crippen LogP contribution in [0.5, 0.6) is 0 Å². The van der Waals surface area contributed by atoms with Crippen LogP contribution in [-0.2, 0) is 0 Å². The van der Waals surface area contributed by atoms with Gasteiger partial charge in [0.15, 0.2) is 0 Å². The number of rotatable bonds is 4. The topological polar surface area (TPSA) is 15.3 Å². The van der Waals surface area contributed by atoms with Crippen molar-refractivity contribution in [3.05, 3.63) is 33.3 Å². The van der Waals surface area contributed by atoms with Crippen LogP contribution >= 0.6 is 27.5 Å². The van der Waals surface area contributed by atoms with Crippen molar-refractivity contribution in [2.24, 2.45) is 0 Å². The van der Waals surface area contributed by atoms with Gasteiger partial charge >= 0.3 is 0 Å². The van der Waals surface area contributed by atoms with Crippen molar-refractivity contribution in [2.45, 2.75) is 25.8 Å². The highest BCUT2D eigenvalue weighted by Crippen LogP contribution is 2.33. The van der Waals surface area contributed by atoms with Gasteiger partial charge in [-0.25, -0.2) is 0 Å². The second-order valence-electron chi connectivity index (χ2n) is 4.76.